The van der Waals surface area contributed by atoms with Gasteiger partial charge in [-0.25, -0.2) is 0 Å². The third-order valence-corrected chi connectivity index (χ3v) is 2.90. The molecule has 88 valence electrons. The molecule has 3 heteroatoms. The summed E-state index contributed by atoms with van der Waals surface area (Å²) in [6.45, 7) is 2.29. The Hall–Kier alpha value is -0.830. The molecule has 0 N–H and O–H groups in total. The molecule has 0 fully saturated rings. The van der Waals surface area contributed by atoms with Gasteiger partial charge in [-0.15, -0.1) is 0 Å². The maximum atomic E-state index is 11.5. The van der Waals surface area contributed by atoms with Gasteiger partial charge in [0.2, 0.25) is 0 Å². The van der Waals surface area contributed by atoms with E-state index in [1.165, 1.54) is 5.56 Å². The van der Waals surface area contributed by atoms with E-state index in [9.17, 15) is 4.79 Å². The van der Waals surface area contributed by atoms with Crippen molar-refractivity contribution in [1.29, 1.82) is 0 Å². The smallest absolute Gasteiger partial charge is 0.306 e. The quantitative estimate of drug-likeness (QED) is 0.590. The first-order chi connectivity index (χ1) is 7.77. The molecule has 0 saturated heterocycles. The van der Waals surface area contributed by atoms with Gasteiger partial charge in [-0.1, -0.05) is 46.3 Å². The molecule has 16 heavy (non-hydrogen) atoms. The van der Waals surface area contributed by atoms with E-state index in [-0.39, 0.29) is 11.9 Å². The first-order valence-corrected chi connectivity index (χ1v) is 6.66. The van der Waals surface area contributed by atoms with Crippen molar-refractivity contribution in [3.8, 4) is 0 Å². The zero-order valence-corrected chi connectivity index (χ0v) is 11.1. The molecule has 1 unspecified atom stereocenters. The fourth-order valence-electron chi connectivity index (χ4n) is 1.66. The normalized spacial score (nSPS) is 12.1. The van der Waals surface area contributed by atoms with E-state index in [0.29, 0.717) is 13.0 Å². The fraction of sp³-hybridized carbons (Fsp3) is 0.462. The topological polar surface area (TPSA) is 26.3 Å². The third-order valence-electron chi connectivity index (χ3n) is 2.45. The standard InChI is InChI=1S/C13H17BrO2/c1-2-16-13(15)10-12(8-9-14)11-6-4-3-5-7-11/h3-7,12H,2,8-10H2,1H3. The second-order valence-corrected chi connectivity index (χ2v) is 4.39. The maximum Gasteiger partial charge on any atom is 0.306 e. The Balaban J connectivity index is 2.64. The van der Waals surface area contributed by atoms with Crippen LogP contribution in [0.15, 0.2) is 30.3 Å². The molecule has 0 heterocycles. The molecule has 0 spiro atoms. The lowest BCUT2D eigenvalue weighted by Gasteiger charge is -2.15. The van der Waals surface area contributed by atoms with Crippen molar-refractivity contribution in [2.24, 2.45) is 0 Å². The van der Waals surface area contributed by atoms with Crippen LogP contribution >= 0.6 is 15.9 Å². The number of alkyl halides is 1. The number of hydrogen-bond acceptors (Lipinski definition) is 2. The number of rotatable bonds is 6. The summed E-state index contributed by atoms with van der Waals surface area (Å²) >= 11 is 3.42. The third kappa shape index (κ3) is 4.35. The van der Waals surface area contributed by atoms with Gasteiger partial charge in [-0.05, 0) is 24.8 Å². The minimum Gasteiger partial charge on any atom is -0.466 e. The van der Waals surface area contributed by atoms with Crippen molar-refractivity contribution in [3.05, 3.63) is 35.9 Å². The largest absolute Gasteiger partial charge is 0.466 e. The zero-order valence-electron chi connectivity index (χ0n) is 9.49. The summed E-state index contributed by atoms with van der Waals surface area (Å²) in [6, 6.07) is 10.1. The molecule has 1 rings (SSSR count). The molecule has 0 aliphatic carbocycles. The Morgan fingerprint density at radius 3 is 2.62 bits per heavy atom. The van der Waals surface area contributed by atoms with Gasteiger partial charge in [0.1, 0.15) is 0 Å². The number of carbonyl (C=O) groups excluding carboxylic acids is 1. The molecule has 1 aromatic carbocycles. The second-order valence-electron chi connectivity index (χ2n) is 3.59. The molecule has 0 aliphatic rings. The Kier molecular flexibility index (Phi) is 6.16. The molecule has 0 saturated carbocycles. The number of hydrogen-bond donors (Lipinski definition) is 0. The summed E-state index contributed by atoms with van der Waals surface area (Å²) in [6.07, 6.45) is 1.41. The highest BCUT2D eigenvalue weighted by Crippen LogP contribution is 2.24. The number of ether oxygens (including phenoxy) is 1. The highest BCUT2D eigenvalue weighted by atomic mass is 79.9. The molecule has 1 atom stereocenters. The minimum atomic E-state index is -0.114. The van der Waals surface area contributed by atoms with Gasteiger partial charge in [0.05, 0.1) is 13.0 Å². The summed E-state index contributed by atoms with van der Waals surface area (Å²) in [7, 11) is 0. The van der Waals surface area contributed by atoms with Crippen molar-refractivity contribution in [3.63, 3.8) is 0 Å². The second kappa shape index (κ2) is 7.44. The van der Waals surface area contributed by atoms with E-state index in [4.69, 9.17) is 4.74 Å². The van der Waals surface area contributed by atoms with Crippen LogP contribution in [-0.2, 0) is 9.53 Å². The predicted octanol–water partition coefficient (Wildman–Crippen LogP) is 3.51. The molecule has 0 radical (unpaired) electrons. The van der Waals surface area contributed by atoms with Gasteiger partial charge in [-0.2, -0.15) is 0 Å². The van der Waals surface area contributed by atoms with E-state index < -0.39 is 0 Å². The summed E-state index contributed by atoms with van der Waals surface area (Å²) < 4.78 is 4.99. The van der Waals surface area contributed by atoms with Crippen LogP contribution in [0.25, 0.3) is 0 Å². The SMILES string of the molecule is CCOC(=O)CC(CCBr)c1ccccc1. The summed E-state index contributed by atoms with van der Waals surface area (Å²) in [5, 5.41) is 0.895. The van der Waals surface area contributed by atoms with Crippen LogP contribution in [0.1, 0.15) is 31.2 Å². The number of halogens is 1. The number of benzene rings is 1. The summed E-state index contributed by atoms with van der Waals surface area (Å²) in [4.78, 5) is 11.5. The summed E-state index contributed by atoms with van der Waals surface area (Å²) in [5.41, 5.74) is 1.20. The van der Waals surface area contributed by atoms with E-state index >= 15 is 0 Å². The van der Waals surface area contributed by atoms with E-state index in [1.807, 2.05) is 25.1 Å². The zero-order chi connectivity index (χ0) is 11.8. The first kappa shape index (κ1) is 13.2. The Morgan fingerprint density at radius 1 is 1.38 bits per heavy atom. The van der Waals surface area contributed by atoms with Crippen LogP contribution in [-0.4, -0.2) is 17.9 Å². The van der Waals surface area contributed by atoms with Gasteiger partial charge < -0.3 is 4.74 Å². The van der Waals surface area contributed by atoms with Crippen molar-refractivity contribution in [2.45, 2.75) is 25.7 Å². The Labute approximate surface area is 105 Å². The minimum absolute atomic E-state index is 0.114. The lowest BCUT2D eigenvalue weighted by molar-refractivity contribution is -0.143. The van der Waals surface area contributed by atoms with Gasteiger partial charge in [-0.3, -0.25) is 4.79 Å². The Bertz CT molecular complexity index is 311. The fourth-order valence-corrected chi connectivity index (χ4v) is 2.22. The highest BCUT2D eigenvalue weighted by molar-refractivity contribution is 9.09. The maximum absolute atomic E-state index is 11.5. The Morgan fingerprint density at radius 2 is 2.06 bits per heavy atom. The van der Waals surface area contributed by atoms with Crippen LogP contribution in [0.5, 0.6) is 0 Å². The lowest BCUT2D eigenvalue weighted by atomic mass is 9.93. The van der Waals surface area contributed by atoms with Crippen molar-refractivity contribution >= 4 is 21.9 Å². The monoisotopic (exact) mass is 284 g/mol. The number of esters is 1. The lowest BCUT2D eigenvalue weighted by Crippen LogP contribution is -2.11. The molecule has 0 bridgehead atoms. The molecule has 1 aromatic rings. The van der Waals surface area contributed by atoms with E-state index in [0.717, 1.165) is 11.8 Å². The molecule has 2 nitrogen and oxygen atoms in total. The van der Waals surface area contributed by atoms with Gasteiger partial charge in [0, 0.05) is 5.33 Å². The van der Waals surface area contributed by atoms with Crippen LogP contribution in [0.3, 0.4) is 0 Å². The average molecular weight is 285 g/mol. The van der Waals surface area contributed by atoms with Crippen LogP contribution in [0, 0.1) is 0 Å². The molecular formula is C13H17BrO2. The van der Waals surface area contributed by atoms with Gasteiger partial charge >= 0.3 is 5.97 Å². The predicted molar refractivity (Wildman–Crippen MR) is 68.8 cm³/mol. The molecule has 0 amide bonds. The molecular weight excluding hydrogens is 268 g/mol. The van der Waals surface area contributed by atoms with E-state index in [1.54, 1.807) is 0 Å². The van der Waals surface area contributed by atoms with Crippen LogP contribution in [0.2, 0.25) is 0 Å². The molecule has 0 aliphatic heterocycles. The average Bonchev–Trinajstić information content (AvgIpc) is 2.30. The van der Waals surface area contributed by atoms with Crippen molar-refractivity contribution in [1.82, 2.24) is 0 Å². The van der Waals surface area contributed by atoms with Gasteiger partial charge in [0.25, 0.3) is 0 Å². The number of carbonyl (C=O) groups is 1. The first-order valence-electron chi connectivity index (χ1n) is 5.54. The van der Waals surface area contributed by atoms with Crippen molar-refractivity contribution in [2.75, 3.05) is 11.9 Å². The van der Waals surface area contributed by atoms with E-state index in [2.05, 4.69) is 28.1 Å². The van der Waals surface area contributed by atoms with Gasteiger partial charge in [0.15, 0.2) is 0 Å². The molecule has 0 aromatic heterocycles. The van der Waals surface area contributed by atoms with Crippen LogP contribution in [0.4, 0.5) is 0 Å². The highest BCUT2D eigenvalue weighted by Gasteiger charge is 2.15. The summed E-state index contributed by atoms with van der Waals surface area (Å²) in [5.74, 6) is 0.136. The van der Waals surface area contributed by atoms with Crippen molar-refractivity contribution < 1.29 is 9.53 Å². The van der Waals surface area contributed by atoms with Crippen LogP contribution < -0.4 is 0 Å².